The van der Waals surface area contributed by atoms with Crippen molar-refractivity contribution in [1.29, 1.82) is 0 Å². The van der Waals surface area contributed by atoms with Crippen molar-refractivity contribution in [3.8, 4) is 0 Å². The molecule has 1 N–H and O–H groups in total. The van der Waals surface area contributed by atoms with Crippen LogP contribution in [0.2, 0.25) is 0 Å². The maximum Gasteiger partial charge on any atom is 0.423 e. The number of hydrogen-bond donors (Lipinski definition) is 1. The molecular formula is C11H20F6N2O. The molecule has 0 radical (unpaired) electrons. The van der Waals surface area contributed by atoms with Gasteiger partial charge in [-0.2, -0.15) is 26.3 Å². The van der Waals surface area contributed by atoms with Crippen LogP contribution in [0.4, 0.5) is 26.3 Å². The number of halogens is 6. The van der Waals surface area contributed by atoms with E-state index >= 15 is 0 Å². The fraction of sp³-hybridized carbons (Fsp3) is 1.00. The highest BCUT2D eigenvalue weighted by Crippen LogP contribution is 2.35. The van der Waals surface area contributed by atoms with E-state index in [0.29, 0.717) is 13.1 Å². The lowest BCUT2D eigenvalue weighted by molar-refractivity contribution is -0.321. The number of nitrogens with zero attached hydrogens (tertiary/aromatic N) is 1. The molecule has 0 rings (SSSR count). The van der Waals surface area contributed by atoms with E-state index < -0.39 is 25.1 Å². The third kappa shape index (κ3) is 7.91. The van der Waals surface area contributed by atoms with Gasteiger partial charge in [-0.25, -0.2) is 0 Å². The summed E-state index contributed by atoms with van der Waals surface area (Å²) in [5.74, 6) is 0. The monoisotopic (exact) mass is 310 g/mol. The molecule has 0 aromatic carbocycles. The Kier molecular flexibility index (Phi) is 8.45. The Balaban J connectivity index is 3.92. The molecule has 0 saturated carbocycles. The molecule has 0 amide bonds. The third-order valence-electron chi connectivity index (χ3n) is 2.66. The molecule has 0 unspecified atom stereocenters. The van der Waals surface area contributed by atoms with Crippen molar-refractivity contribution < 1.29 is 31.1 Å². The summed E-state index contributed by atoms with van der Waals surface area (Å²) in [7, 11) is 0. The number of rotatable bonds is 9. The molecule has 20 heavy (non-hydrogen) atoms. The van der Waals surface area contributed by atoms with Crippen molar-refractivity contribution in [1.82, 2.24) is 10.2 Å². The van der Waals surface area contributed by atoms with Gasteiger partial charge in [0.05, 0.1) is 6.61 Å². The van der Waals surface area contributed by atoms with Crippen molar-refractivity contribution in [2.24, 2.45) is 0 Å². The smallest absolute Gasteiger partial charge is 0.360 e. The first kappa shape index (κ1) is 19.5. The van der Waals surface area contributed by atoms with Gasteiger partial charge in [0.1, 0.15) is 0 Å². The van der Waals surface area contributed by atoms with Crippen molar-refractivity contribution >= 4 is 0 Å². The Morgan fingerprint density at radius 3 is 1.85 bits per heavy atom. The summed E-state index contributed by atoms with van der Waals surface area (Å²) in [5, 5.41) is 2.74. The first-order valence-electron chi connectivity index (χ1n) is 6.31. The predicted molar refractivity (Wildman–Crippen MR) is 62.5 cm³/mol. The van der Waals surface area contributed by atoms with Crippen LogP contribution >= 0.6 is 0 Å². The molecule has 3 nitrogen and oxygen atoms in total. The Morgan fingerprint density at radius 1 is 0.950 bits per heavy atom. The first-order valence-corrected chi connectivity index (χ1v) is 6.31. The fourth-order valence-corrected chi connectivity index (χ4v) is 1.53. The summed E-state index contributed by atoms with van der Waals surface area (Å²) in [6.07, 6.45) is -14.6. The van der Waals surface area contributed by atoms with Gasteiger partial charge in [0, 0.05) is 19.6 Å². The molecule has 0 saturated heterocycles. The van der Waals surface area contributed by atoms with Gasteiger partial charge in [0.25, 0.3) is 0 Å². The topological polar surface area (TPSA) is 24.5 Å². The van der Waals surface area contributed by atoms with Gasteiger partial charge in [-0.05, 0) is 13.1 Å². The van der Waals surface area contributed by atoms with E-state index in [0.717, 1.165) is 13.1 Å². The summed E-state index contributed by atoms with van der Waals surface area (Å²) in [6.45, 7) is 6.03. The van der Waals surface area contributed by atoms with E-state index in [-0.39, 0.29) is 6.54 Å². The molecule has 0 spiro atoms. The van der Waals surface area contributed by atoms with E-state index in [4.69, 9.17) is 0 Å². The second kappa shape index (κ2) is 8.68. The lowest BCUT2D eigenvalue weighted by Gasteiger charge is -2.23. The molecule has 122 valence electrons. The molecule has 0 bridgehead atoms. The normalized spacial score (nSPS) is 13.5. The zero-order valence-electron chi connectivity index (χ0n) is 11.4. The van der Waals surface area contributed by atoms with E-state index in [2.05, 4.69) is 15.0 Å². The lowest BCUT2D eigenvalue weighted by Crippen LogP contribution is -2.45. The van der Waals surface area contributed by atoms with Crippen LogP contribution in [0.15, 0.2) is 0 Å². The summed E-state index contributed by atoms with van der Waals surface area (Å²) in [6, 6.07) is 0. The largest absolute Gasteiger partial charge is 0.423 e. The minimum atomic E-state index is -5.44. The summed E-state index contributed by atoms with van der Waals surface area (Å²) in [4.78, 5) is 2.07. The molecular weight excluding hydrogens is 290 g/mol. The van der Waals surface area contributed by atoms with Crippen LogP contribution < -0.4 is 5.32 Å². The van der Waals surface area contributed by atoms with Crippen LogP contribution in [0.3, 0.4) is 0 Å². The van der Waals surface area contributed by atoms with Crippen molar-refractivity contribution in [2.75, 3.05) is 39.3 Å². The van der Waals surface area contributed by atoms with Crippen LogP contribution in [0, 0.1) is 0 Å². The molecule has 9 heteroatoms. The minimum Gasteiger partial charge on any atom is -0.360 e. The second-order valence-corrected chi connectivity index (χ2v) is 4.11. The summed E-state index contributed by atoms with van der Waals surface area (Å²) in [5.41, 5.74) is 0. The van der Waals surface area contributed by atoms with E-state index in [9.17, 15) is 26.3 Å². The first-order chi connectivity index (χ1) is 9.12. The molecule has 0 aliphatic heterocycles. The maximum absolute atomic E-state index is 12.1. The number of nitrogens with one attached hydrogen (secondary N) is 1. The SMILES string of the molecule is CCN(CC)CCNCCOC(C(F)(F)F)C(F)(F)F. The van der Waals surface area contributed by atoms with Gasteiger partial charge in [0.15, 0.2) is 0 Å². The quantitative estimate of drug-likeness (QED) is 0.523. The second-order valence-electron chi connectivity index (χ2n) is 4.11. The van der Waals surface area contributed by atoms with Crippen molar-refractivity contribution in [2.45, 2.75) is 32.3 Å². The average Bonchev–Trinajstić information content (AvgIpc) is 2.29. The predicted octanol–water partition coefficient (Wildman–Crippen LogP) is 2.43. The van der Waals surface area contributed by atoms with Crippen molar-refractivity contribution in [3.05, 3.63) is 0 Å². The molecule has 0 fully saturated rings. The van der Waals surface area contributed by atoms with Gasteiger partial charge in [-0.15, -0.1) is 0 Å². The van der Waals surface area contributed by atoms with Crippen LogP contribution in [0.5, 0.6) is 0 Å². The molecule has 0 atom stereocenters. The van der Waals surface area contributed by atoms with Gasteiger partial charge in [-0.3, -0.25) is 0 Å². The van der Waals surface area contributed by atoms with Crippen LogP contribution in [0.1, 0.15) is 13.8 Å². The Labute approximate surface area is 114 Å². The molecule has 0 aliphatic rings. The zero-order chi connectivity index (χ0) is 15.8. The summed E-state index contributed by atoms with van der Waals surface area (Å²) < 4.78 is 76.6. The number of alkyl halides is 6. The third-order valence-corrected chi connectivity index (χ3v) is 2.66. The summed E-state index contributed by atoms with van der Waals surface area (Å²) >= 11 is 0. The number of hydrogen-bond acceptors (Lipinski definition) is 3. The van der Waals surface area contributed by atoms with Crippen molar-refractivity contribution in [3.63, 3.8) is 0 Å². The number of likely N-dealkylation sites (N-methyl/N-ethyl adjacent to an activating group) is 1. The van der Waals surface area contributed by atoms with Crippen LogP contribution in [-0.4, -0.2) is 62.7 Å². The Morgan fingerprint density at radius 2 is 1.45 bits per heavy atom. The van der Waals surface area contributed by atoms with Gasteiger partial charge < -0.3 is 15.0 Å². The average molecular weight is 310 g/mol. The standard InChI is InChI=1S/C11H20F6N2O/c1-3-19(4-2)7-5-18-6-8-20-9(10(12,13)14)11(15,16)17/h9,18H,3-8H2,1-2H3. The van der Waals surface area contributed by atoms with Gasteiger partial charge in [-0.1, -0.05) is 13.8 Å². The molecule has 0 aromatic rings. The lowest BCUT2D eigenvalue weighted by atomic mass is 10.3. The van der Waals surface area contributed by atoms with Gasteiger partial charge in [0.2, 0.25) is 6.10 Å². The van der Waals surface area contributed by atoms with Gasteiger partial charge >= 0.3 is 12.4 Å². The zero-order valence-corrected chi connectivity index (χ0v) is 11.4. The highest BCUT2D eigenvalue weighted by molar-refractivity contribution is 4.76. The molecule has 0 aliphatic carbocycles. The minimum absolute atomic E-state index is 0.0655. The highest BCUT2D eigenvalue weighted by atomic mass is 19.4. The Hall–Kier alpha value is -0.540. The highest BCUT2D eigenvalue weighted by Gasteiger charge is 2.57. The molecule has 0 heterocycles. The number of ether oxygens (including phenoxy) is 1. The van der Waals surface area contributed by atoms with E-state index in [1.807, 2.05) is 13.8 Å². The van der Waals surface area contributed by atoms with E-state index in [1.165, 1.54) is 0 Å². The Bertz CT molecular complexity index is 238. The van der Waals surface area contributed by atoms with Crippen LogP contribution in [0.25, 0.3) is 0 Å². The van der Waals surface area contributed by atoms with Crippen LogP contribution in [-0.2, 0) is 4.74 Å². The fourth-order valence-electron chi connectivity index (χ4n) is 1.53. The molecule has 0 aromatic heterocycles. The van der Waals surface area contributed by atoms with E-state index in [1.54, 1.807) is 0 Å². The maximum atomic E-state index is 12.1.